The molecule has 3 heteroatoms. The summed E-state index contributed by atoms with van der Waals surface area (Å²) in [5, 5.41) is 0. The number of nitrogens with zero attached hydrogens (tertiary/aromatic N) is 1. The van der Waals surface area contributed by atoms with Gasteiger partial charge in [-0.25, -0.2) is 4.79 Å². The second-order valence-electron chi connectivity index (χ2n) is 3.80. The van der Waals surface area contributed by atoms with E-state index >= 15 is 0 Å². The zero-order valence-corrected chi connectivity index (χ0v) is 7.95. The van der Waals surface area contributed by atoms with Crippen LogP contribution in [-0.2, 0) is 0 Å². The molecule has 1 heterocycles. The summed E-state index contributed by atoms with van der Waals surface area (Å²) in [6.45, 7) is 1.93. The molecule has 0 aliphatic heterocycles. The highest BCUT2D eigenvalue weighted by molar-refractivity contribution is 4.94. The van der Waals surface area contributed by atoms with E-state index < -0.39 is 0 Å². The lowest BCUT2D eigenvalue weighted by atomic mass is 9.95. The Bertz CT molecular complexity index is 331. The van der Waals surface area contributed by atoms with Crippen molar-refractivity contribution in [2.45, 2.75) is 45.1 Å². The first-order valence-corrected chi connectivity index (χ1v) is 4.95. The number of aryl methyl sites for hydroxylation is 1. The van der Waals surface area contributed by atoms with Gasteiger partial charge in [0.1, 0.15) is 6.26 Å². The van der Waals surface area contributed by atoms with E-state index in [0.29, 0.717) is 6.04 Å². The second kappa shape index (κ2) is 3.40. The fourth-order valence-electron chi connectivity index (χ4n) is 2.17. The Morgan fingerprint density at radius 2 is 2.08 bits per heavy atom. The predicted molar refractivity (Wildman–Crippen MR) is 49.8 cm³/mol. The predicted octanol–water partition coefficient (Wildman–Crippen LogP) is 2.25. The molecule has 1 aromatic heterocycles. The molecular weight excluding hydrogens is 166 g/mol. The fourth-order valence-corrected chi connectivity index (χ4v) is 2.17. The molecule has 1 fully saturated rings. The van der Waals surface area contributed by atoms with Gasteiger partial charge < -0.3 is 4.42 Å². The first-order chi connectivity index (χ1) is 6.29. The zero-order chi connectivity index (χ0) is 9.26. The van der Waals surface area contributed by atoms with Crippen LogP contribution >= 0.6 is 0 Å². The van der Waals surface area contributed by atoms with Crippen molar-refractivity contribution in [1.29, 1.82) is 0 Å². The van der Waals surface area contributed by atoms with Crippen LogP contribution in [-0.4, -0.2) is 4.57 Å². The normalized spacial score (nSPS) is 19.2. The Morgan fingerprint density at radius 3 is 2.62 bits per heavy atom. The summed E-state index contributed by atoms with van der Waals surface area (Å²) in [5.74, 6) is -0.190. The Hall–Kier alpha value is -0.990. The third-order valence-corrected chi connectivity index (χ3v) is 2.85. The van der Waals surface area contributed by atoms with Crippen molar-refractivity contribution in [1.82, 2.24) is 4.57 Å². The maximum absolute atomic E-state index is 11.3. The minimum atomic E-state index is -0.190. The minimum absolute atomic E-state index is 0.190. The number of oxazole rings is 1. The van der Waals surface area contributed by atoms with Gasteiger partial charge in [-0.1, -0.05) is 19.3 Å². The molecule has 0 amide bonds. The molecule has 1 aromatic rings. The summed E-state index contributed by atoms with van der Waals surface area (Å²) < 4.78 is 6.66. The van der Waals surface area contributed by atoms with Gasteiger partial charge in [-0.2, -0.15) is 0 Å². The fraction of sp³-hybridized carbons (Fsp3) is 0.700. The SMILES string of the molecule is Cc1coc(=O)n1C1CCCCC1. The summed E-state index contributed by atoms with van der Waals surface area (Å²) in [5.41, 5.74) is 0.955. The topological polar surface area (TPSA) is 35.1 Å². The highest BCUT2D eigenvalue weighted by Crippen LogP contribution is 2.27. The lowest BCUT2D eigenvalue weighted by Gasteiger charge is -2.22. The standard InChI is InChI=1S/C10H15NO2/c1-8-7-13-10(12)11(8)9-5-3-2-4-6-9/h7,9H,2-6H2,1H3. The Morgan fingerprint density at radius 1 is 1.38 bits per heavy atom. The Kier molecular flexibility index (Phi) is 2.25. The van der Waals surface area contributed by atoms with Gasteiger partial charge >= 0.3 is 5.76 Å². The molecule has 0 spiro atoms. The van der Waals surface area contributed by atoms with Gasteiger partial charge in [0.25, 0.3) is 0 Å². The molecule has 0 saturated heterocycles. The number of rotatable bonds is 1. The zero-order valence-electron chi connectivity index (χ0n) is 7.95. The summed E-state index contributed by atoms with van der Waals surface area (Å²) in [7, 11) is 0. The van der Waals surface area contributed by atoms with Crippen LogP contribution < -0.4 is 5.76 Å². The number of hydrogen-bond acceptors (Lipinski definition) is 2. The molecule has 2 rings (SSSR count). The van der Waals surface area contributed by atoms with E-state index in [1.165, 1.54) is 19.3 Å². The van der Waals surface area contributed by atoms with Gasteiger partial charge in [-0.3, -0.25) is 4.57 Å². The van der Waals surface area contributed by atoms with E-state index in [2.05, 4.69) is 0 Å². The molecule has 1 aliphatic rings. The van der Waals surface area contributed by atoms with Crippen LogP contribution in [0.3, 0.4) is 0 Å². The van der Waals surface area contributed by atoms with E-state index in [1.807, 2.05) is 6.92 Å². The molecule has 0 aromatic carbocycles. The van der Waals surface area contributed by atoms with Crippen molar-refractivity contribution >= 4 is 0 Å². The van der Waals surface area contributed by atoms with Crippen LogP contribution in [0.5, 0.6) is 0 Å². The van der Waals surface area contributed by atoms with Gasteiger partial charge in [0, 0.05) is 6.04 Å². The average molecular weight is 181 g/mol. The Labute approximate surface area is 77.4 Å². The highest BCUT2D eigenvalue weighted by atomic mass is 16.4. The first-order valence-electron chi connectivity index (χ1n) is 4.95. The van der Waals surface area contributed by atoms with Crippen molar-refractivity contribution < 1.29 is 4.42 Å². The molecule has 0 unspecified atom stereocenters. The third kappa shape index (κ3) is 1.55. The van der Waals surface area contributed by atoms with Crippen molar-refractivity contribution in [2.75, 3.05) is 0 Å². The van der Waals surface area contributed by atoms with E-state index in [-0.39, 0.29) is 5.76 Å². The van der Waals surface area contributed by atoms with Crippen molar-refractivity contribution in [3.63, 3.8) is 0 Å². The largest absolute Gasteiger partial charge is 0.419 e. The van der Waals surface area contributed by atoms with Crippen molar-refractivity contribution in [3.05, 3.63) is 22.5 Å². The first kappa shape index (κ1) is 8.60. The van der Waals surface area contributed by atoms with Crippen LogP contribution in [0, 0.1) is 6.92 Å². The van der Waals surface area contributed by atoms with E-state index in [0.717, 1.165) is 18.5 Å². The van der Waals surface area contributed by atoms with Gasteiger partial charge in [-0.05, 0) is 19.8 Å². The average Bonchev–Trinajstić information content (AvgIpc) is 2.48. The molecule has 0 radical (unpaired) electrons. The van der Waals surface area contributed by atoms with Gasteiger partial charge in [0.15, 0.2) is 0 Å². The smallest absolute Gasteiger partial charge is 0.416 e. The lowest BCUT2D eigenvalue weighted by molar-refractivity contribution is 0.326. The summed E-state index contributed by atoms with van der Waals surface area (Å²) in [6, 6.07) is 0.389. The Balaban J connectivity index is 2.27. The summed E-state index contributed by atoms with van der Waals surface area (Å²) in [6.07, 6.45) is 7.59. The van der Waals surface area contributed by atoms with Gasteiger partial charge in [0.2, 0.25) is 0 Å². The summed E-state index contributed by atoms with van der Waals surface area (Å²) in [4.78, 5) is 11.3. The molecular formula is C10H15NO2. The number of aromatic nitrogens is 1. The van der Waals surface area contributed by atoms with Crippen LogP contribution in [0.4, 0.5) is 0 Å². The van der Waals surface area contributed by atoms with E-state index in [4.69, 9.17) is 4.42 Å². The molecule has 0 N–H and O–H groups in total. The molecule has 1 saturated carbocycles. The monoisotopic (exact) mass is 181 g/mol. The maximum atomic E-state index is 11.3. The highest BCUT2D eigenvalue weighted by Gasteiger charge is 2.19. The van der Waals surface area contributed by atoms with Crippen molar-refractivity contribution in [2.24, 2.45) is 0 Å². The van der Waals surface area contributed by atoms with Gasteiger partial charge in [0.05, 0.1) is 5.69 Å². The minimum Gasteiger partial charge on any atom is -0.416 e. The van der Waals surface area contributed by atoms with Crippen LogP contribution in [0.1, 0.15) is 43.8 Å². The summed E-state index contributed by atoms with van der Waals surface area (Å²) >= 11 is 0. The van der Waals surface area contributed by atoms with E-state index in [1.54, 1.807) is 10.8 Å². The van der Waals surface area contributed by atoms with E-state index in [9.17, 15) is 4.79 Å². The molecule has 72 valence electrons. The van der Waals surface area contributed by atoms with Gasteiger partial charge in [-0.15, -0.1) is 0 Å². The third-order valence-electron chi connectivity index (χ3n) is 2.85. The van der Waals surface area contributed by atoms with Crippen LogP contribution in [0.15, 0.2) is 15.5 Å². The van der Waals surface area contributed by atoms with Crippen LogP contribution in [0.25, 0.3) is 0 Å². The lowest BCUT2D eigenvalue weighted by Crippen LogP contribution is -2.23. The van der Waals surface area contributed by atoms with Crippen molar-refractivity contribution in [3.8, 4) is 0 Å². The second-order valence-corrected chi connectivity index (χ2v) is 3.80. The molecule has 13 heavy (non-hydrogen) atoms. The molecule has 0 bridgehead atoms. The maximum Gasteiger partial charge on any atom is 0.419 e. The quantitative estimate of drug-likeness (QED) is 0.666. The molecule has 3 nitrogen and oxygen atoms in total. The molecule has 1 aliphatic carbocycles. The number of hydrogen-bond donors (Lipinski definition) is 0. The molecule has 0 atom stereocenters. The van der Waals surface area contributed by atoms with Crippen LogP contribution in [0.2, 0.25) is 0 Å².